The lowest BCUT2D eigenvalue weighted by atomic mass is 10.2. The first-order valence-electron chi connectivity index (χ1n) is 12.2. The lowest BCUT2D eigenvalue weighted by Crippen LogP contribution is -2.20. The summed E-state index contributed by atoms with van der Waals surface area (Å²) >= 11 is 0. The van der Waals surface area contributed by atoms with Crippen LogP contribution in [0.3, 0.4) is 0 Å². The maximum absolute atomic E-state index is 15.7. The number of nitrogens with zero attached hydrogens (tertiary/aromatic N) is 1. The Morgan fingerprint density at radius 1 is 0.930 bits per heavy atom. The summed E-state index contributed by atoms with van der Waals surface area (Å²) in [7, 11) is 1.21. The highest BCUT2D eigenvalue weighted by Crippen LogP contribution is 2.41. The third kappa shape index (κ3) is 7.52. The van der Waals surface area contributed by atoms with Crippen LogP contribution < -0.4 is 31.0 Å². The van der Waals surface area contributed by atoms with E-state index in [-0.39, 0.29) is 34.6 Å². The smallest absolute Gasteiger partial charge is 0.330 e. The van der Waals surface area contributed by atoms with Gasteiger partial charge >= 0.3 is 5.97 Å². The lowest BCUT2D eigenvalue weighted by Gasteiger charge is -2.16. The zero-order valence-corrected chi connectivity index (χ0v) is 22.4. The monoisotopic (exact) mass is 590 g/mol. The SMILES string of the molecule is COC(=O)/C=C/c1cccc(Oc2c(F)c(Oc3cccc(NC(=N)N)c3)nc(Oc3cc(C(=N)N)ccc3O)c2F)c1. The molecular weight excluding hydrogens is 566 g/mol. The van der Waals surface area contributed by atoms with Gasteiger partial charge in [-0.1, -0.05) is 18.2 Å². The number of ether oxygens (including phenoxy) is 4. The number of anilines is 1. The zero-order valence-electron chi connectivity index (χ0n) is 22.4. The second kappa shape index (κ2) is 13.0. The van der Waals surface area contributed by atoms with E-state index in [1.807, 2.05) is 0 Å². The minimum Gasteiger partial charge on any atom is -0.504 e. The number of esters is 1. The average molecular weight is 591 g/mol. The van der Waals surface area contributed by atoms with Gasteiger partial charge in [-0.2, -0.15) is 13.8 Å². The molecule has 1 aromatic heterocycles. The number of rotatable bonds is 10. The fraction of sp³-hybridized carbons (Fsp3) is 0.0345. The fourth-order valence-electron chi connectivity index (χ4n) is 3.51. The number of aromatic hydroxyl groups is 1. The van der Waals surface area contributed by atoms with E-state index < -0.39 is 40.9 Å². The number of hydrogen-bond acceptors (Lipinski definition) is 9. The number of halogens is 2. The summed E-state index contributed by atoms with van der Waals surface area (Å²) in [6.45, 7) is 0. The number of guanidine groups is 1. The van der Waals surface area contributed by atoms with Crippen molar-refractivity contribution in [2.45, 2.75) is 0 Å². The summed E-state index contributed by atoms with van der Waals surface area (Å²) in [6.07, 6.45) is 2.56. The summed E-state index contributed by atoms with van der Waals surface area (Å²) in [5.41, 5.74) is 11.8. The minimum absolute atomic E-state index is 0.0255. The van der Waals surface area contributed by atoms with Gasteiger partial charge in [-0.15, -0.1) is 0 Å². The Kier molecular flexibility index (Phi) is 9.00. The van der Waals surface area contributed by atoms with Crippen LogP contribution in [0.5, 0.6) is 40.5 Å². The molecule has 0 radical (unpaired) electrons. The van der Waals surface area contributed by atoms with Crippen LogP contribution in [0.15, 0.2) is 72.8 Å². The molecule has 0 amide bonds. The molecule has 0 aliphatic rings. The van der Waals surface area contributed by atoms with E-state index in [1.54, 1.807) is 12.1 Å². The van der Waals surface area contributed by atoms with Crippen molar-refractivity contribution in [2.24, 2.45) is 11.5 Å². The van der Waals surface area contributed by atoms with Crippen LogP contribution in [0.4, 0.5) is 14.5 Å². The lowest BCUT2D eigenvalue weighted by molar-refractivity contribution is -0.134. The van der Waals surface area contributed by atoms with E-state index >= 15 is 8.78 Å². The number of hydrogen-bond donors (Lipinski definition) is 6. The molecule has 0 unspecified atom stereocenters. The highest BCUT2D eigenvalue weighted by Gasteiger charge is 2.27. The molecule has 4 rings (SSSR count). The van der Waals surface area contributed by atoms with Gasteiger partial charge in [-0.3, -0.25) is 10.8 Å². The molecule has 0 saturated carbocycles. The summed E-state index contributed by atoms with van der Waals surface area (Å²) in [4.78, 5) is 15.3. The molecule has 0 atom stereocenters. The number of benzene rings is 3. The molecule has 0 saturated heterocycles. The van der Waals surface area contributed by atoms with Crippen LogP contribution in [-0.4, -0.2) is 35.0 Å². The van der Waals surface area contributed by atoms with Gasteiger partial charge in [0.05, 0.1) is 7.11 Å². The molecule has 14 heteroatoms. The predicted molar refractivity (Wildman–Crippen MR) is 153 cm³/mol. The van der Waals surface area contributed by atoms with Crippen LogP contribution in [0.1, 0.15) is 11.1 Å². The van der Waals surface area contributed by atoms with Crippen molar-refractivity contribution in [1.82, 2.24) is 4.98 Å². The van der Waals surface area contributed by atoms with Gasteiger partial charge in [0.15, 0.2) is 17.5 Å². The largest absolute Gasteiger partial charge is 0.504 e. The Morgan fingerprint density at radius 3 is 2.28 bits per heavy atom. The Labute approximate surface area is 243 Å². The molecule has 3 aromatic carbocycles. The molecule has 0 spiro atoms. The normalized spacial score (nSPS) is 10.7. The second-order valence-corrected chi connectivity index (χ2v) is 8.58. The number of phenols is 1. The van der Waals surface area contributed by atoms with Crippen molar-refractivity contribution in [2.75, 3.05) is 12.4 Å². The molecular formula is C29H24F2N6O6. The summed E-state index contributed by atoms with van der Waals surface area (Å²) in [5, 5.41) is 27.8. The van der Waals surface area contributed by atoms with E-state index in [0.717, 1.165) is 12.1 Å². The van der Waals surface area contributed by atoms with Crippen molar-refractivity contribution in [3.05, 3.63) is 95.6 Å². The van der Waals surface area contributed by atoms with E-state index in [1.165, 1.54) is 61.7 Å². The maximum Gasteiger partial charge on any atom is 0.330 e. The number of methoxy groups -OCH3 is 1. The average Bonchev–Trinajstić information content (AvgIpc) is 2.97. The van der Waals surface area contributed by atoms with E-state index in [2.05, 4.69) is 15.0 Å². The number of amidine groups is 1. The Balaban J connectivity index is 1.78. The Morgan fingerprint density at radius 2 is 1.60 bits per heavy atom. The van der Waals surface area contributed by atoms with E-state index in [4.69, 9.17) is 36.5 Å². The first-order chi connectivity index (χ1) is 20.5. The molecule has 0 bridgehead atoms. The maximum atomic E-state index is 15.7. The van der Waals surface area contributed by atoms with Gasteiger partial charge < -0.3 is 40.8 Å². The fourth-order valence-corrected chi connectivity index (χ4v) is 3.51. The summed E-state index contributed by atoms with van der Waals surface area (Å²) < 4.78 is 52.7. The molecule has 12 nitrogen and oxygen atoms in total. The van der Waals surface area contributed by atoms with Crippen LogP contribution in [-0.2, 0) is 9.53 Å². The van der Waals surface area contributed by atoms with Crippen molar-refractivity contribution in [1.29, 1.82) is 10.8 Å². The third-order valence-electron chi connectivity index (χ3n) is 5.47. The van der Waals surface area contributed by atoms with Crippen LogP contribution in [0.2, 0.25) is 0 Å². The number of pyridine rings is 1. The van der Waals surface area contributed by atoms with Gasteiger partial charge in [0.1, 0.15) is 17.3 Å². The van der Waals surface area contributed by atoms with Gasteiger partial charge in [0, 0.05) is 23.4 Å². The number of nitrogen functional groups attached to an aromatic ring is 1. The van der Waals surface area contributed by atoms with Gasteiger partial charge in [0.25, 0.3) is 11.8 Å². The second-order valence-electron chi connectivity index (χ2n) is 8.58. The Hall–Kier alpha value is -6.18. The quantitative estimate of drug-likeness (QED) is 0.0616. The number of nitrogens with one attached hydrogen (secondary N) is 3. The summed E-state index contributed by atoms with van der Waals surface area (Å²) in [6, 6.07) is 15.5. The van der Waals surface area contributed by atoms with Crippen molar-refractivity contribution in [3.63, 3.8) is 0 Å². The third-order valence-corrected chi connectivity index (χ3v) is 5.47. The number of phenolic OH excluding ortho intramolecular Hbond substituents is 1. The molecule has 1 heterocycles. The van der Waals surface area contributed by atoms with Crippen molar-refractivity contribution in [3.8, 4) is 40.5 Å². The van der Waals surface area contributed by atoms with Crippen LogP contribution in [0.25, 0.3) is 6.08 Å². The van der Waals surface area contributed by atoms with E-state index in [9.17, 15) is 9.90 Å². The van der Waals surface area contributed by atoms with Gasteiger partial charge in [0.2, 0.25) is 17.4 Å². The molecule has 43 heavy (non-hydrogen) atoms. The number of carbonyl (C=O) groups excluding carboxylic acids is 1. The molecule has 0 aliphatic heterocycles. The van der Waals surface area contributed by atoms with Crippen molar-refractivity contribution < 1.29 is 37.6 Å². The number of aromatic nitrogens is 1. The molecule has 0 fully saturated rings. The topological polar surface area (TPSA) is 199 Å². The molecule has 8 N–H and O–H groups in total. The predicted octanol–water partition coefficient (Wildman–Crippen LogP) is 5.22. The Bertz CT molecular complexity index is 1750. The first-order valence-corrected chi connectivity index (χ1v) is 12.2. The minimum atomic E-state index is -1.39. The zero-order chi connectivity index (χ0) is 31.1. The number of nitrogens with two attached hydrogens (primary N) is 2. The highest BCUT2D eigenvalue weighted by atomic mass is 19.1. The summed E-state index contributed by atoms with van der Waals surface area (Å²) in [5.74, 6) is -7.42. The van der Waals surface area contributed by atoms with Gasteiger partial charge in [-0.25, -0.2) is 4.79 Å². The molecule has 0 aliphatic carbocycles. The van der Waals surface area contributed by atoms with E-state index in [0.29, 0.717) is 11.3 Å². The first kappa shape index (κ1) is 29.8. The van der Waals surface area contributed by atoms with Gasteiger partial charge in [-0.05, 0) is 54.1 Å². The molecule has 220 valence electrons. The highest BCUT2D eigenvalue weighted by molar-refractivity contribution is 5.95. The van der Waals surface area contributed by atoms with Crippen molar-refractivity contribution >= 4 is 29.5 Å². The number of carbonyl (C=O) groups is 1. The molecule has 4 aromatic rings. The standard InChI is InChI=1S/C29H24F2N6O6/c1-40-22(39)11-8-15-4-2-6-18(12-15)41-25-23(30)27(42-19-7-3-5-17(14-19)36-29(34)35)37-28(24(25)31)43-21-13-16(26(32)33)9-10-20(21)38/h2-14,38H,1H3,(H3,32,33)(H4,34,35,36)/b11-8+. The van der Waals surface area contributed by atoms with Crippen LogP contribution >= 0.6 is 0 Å². The van der Waals surface area contributed by atoms with Crippen LogP contribution in [0, 0.1) is 22.5 Å².